The summed E-state index contributed by atoms with van der Waals surface area (Å²) in [6.45, 7) is 0.364. The Kier molecular flexibility index (Phi) is 6.44. The molecule has 1 aliphatic heterocycles. The van der Waals surface area contributed by atoms with E-state index in [0.29, 0.717) is 0 Å². The highest BCUT2D eigenvalue weighted by Gasteiger charge is 2.30. The molecule has 1 heterocycles. The molecule has 3 rings (SSSR count). The molecule has 10 heteroatoms. The van der Waals surface area contributed by atoms with Crippen molar-refractivity contribution in [1.82, 2.24) is 9.21 Å². The van der Waals surface area contributed by atoms with Gasteiger partial charge in [-0.15, -0.1) is 0 Å². The van der Waals surface area contributed by atoms with Crippen molar-refractivity contribution >= 4 is 39.1 Å². The van der Waals surface area contributed by atoms with Crippen LogP contribution in [0.25, 0.3) is 0 Å². The number of halogens is 3. The van der Waals surface area contributed by atoms with Gasteiger partial charge < -0.3 is 9.64 Å². The van der Waals surface area contributed by atoms with Gasteiger partial charge in [0.05, 0.1) is 14.9 Å². The number of sulfonamides is 1. The Labute approximate surface area is 172 Å². The Balaban J connectivity index is 1.58. The zero-order chi connectivity index (χ0) is 20.3. The maximum absolute atomic E-state index is 13.5. The van der Waals surface area contributed by atoms with Gasteiger partial charge in [-0.05, 0) is 30.3 Å². The standard InChI is InChI=1S/C18H17Cl2FN2O4S/c19-14-6-5-13(11-15(14)20)28(25,26)23-9-7-22(8-10-23)18(24)12-27-17-4-2-1-3-16(17)21/h1-6,11H,7-10,12H2. The number of carbonyl (C=O) groups is 1. The Morgan fingerprint density at radius 1 is 1.04 bits per heavy atom. The van der Waals surface area contributed by atoms with E-state index in [2.05, 4.69) is 0 Å². The Morgan fingerprint density at radius 3 is 2.36 bits per heavy atom. The molecule has 1 aliphatic rings. The number of rotatable bonds is 5. The molecule has 28 heavy (non-hydrogen) atoms. The summed E-state index contributed by atoms with van der Waals surface area (Å²) in [5, 5.41) is 0.424. The van der Waals surface area contributed by atoms with Crippen molar-refractivity contribution in [3.8, 4) is 5.75 Å². The zero-order valence-corrected chi connectivity index (χ0v) is 17.0. The number of hydrogen-bond acceptors (Lipinski definition) is 4. The molecule has 0 atom stereocenters. The van der Waals surface area contributed by atoms with Crippen LogP contribution in [-0.4, -0.2) is 56.3 Å². The highest BCUT2D eigenvalue weighted by Crippen LogP contribution is 2.27. The lowest BCUT2D eigenvalue weighted by Gasteiger charge is -2.34. The van der Waals surface area contributed by atoms with Crippen LogP contribution in [0, 0.1) is 5.82 Å². The lowest BCUT2D eigenvalue weighted by Crippen LogP contribution is -2.51. The molecule has 1 fully saturated rings. The van der Waals surface area contributed by atoms with Gasteiger partial charge in [0.1, 0.15) is 0 Å². The van der Waals surface area contributed by atoms with Crippen LogP contribution in [0.1, 0.15) is 0 Å². The van der Waals surface area contributed by atoms with E-state index in [-0.39, 0.29) is 59.4 Å². The minimum atomic E-state index is -3.74. The number of piperazine rings is 1. The first-order valence-corrected chi connectivity index (χ1v) is 10.6. The molecule has 0 saturated carbocycles. The lowest BCUT2D eigenvalue weighted by molar-refractivity contribution is -0.134. The van der Waals surface area contributed by atoms with Gasteiger partial charge in [-0.25, -0.2) is 12.8 Å². The molecule has 0 spiro atoms. The van der Waals surface area contributed by atoms with Crippen LogP contribution >= 0.6 is 23.2 Å². The van der Waals surface area contributed by atoms with Crippen molar-refractivity contribution in [1.29, 1.82) is 0 Å². The summed E-state index contributed by atoms with van der Waals surface area (Å²) in [5.74, 6) is -0.889. The van der Waals surface area contributed by atoms with Gasteiger partial charge in [0.15, 0.2) is 18.2 Å². The highest BCUT2D eigenvalue weighted by atomic mass is 35.5. The fourth-order valence-corrected chi connectivity index (χ4v) is 4.57. The summed E-state index contributed by atoms with van der Waals surface area (Å²) in [7, 11) is -3.74. The first kappa shape index (κ1) is 20.9. The monoisotopic (exact) mass is 446 g/mol. The molecule has 0 unspecified atom stereocenters. The molecule has 2 aromatic carbocycles. The van der Waals surface area contributed by atoms with Crippen LogP contribution in [0.4, 0.5) is 4.39 Å². The molecule has 2 aromatic rings. The van der Waals surface area contributed by atoms with E-state index < -0.39 is 15.8 Å². The molecule has 1 amide bonds. The summed E-state index contributed by atoms with van der Waals surface area (Å²) in [4.78, 5) is 13.8. The minimum Gasteiger partial charge on any atom is -0.481 e. The highest BCUT2D eigenvalue weighted by molar-refractivity contribution is 7.89. The number of hydrogen-bond donors (Lipinski definition) is 0. The minimum absolute atomic E-state index is 0.00307. The topological polar surface area (TPSA) is 66.9 Å². The van der Waals surface area contributed by atoms with Crippen LogP contribution in [0.3, 0.4) is 0 Å². The van der Waals surface area contributed by atoms with Crippen molar-refractivity contribution in [2.45, 2.75) is 4.90 Å². The maximum Gasteiger partial charge on any atom is 0.260 e. The predicted octanol–water partition coefficient (Wildman–Crippen LogP) is 3.04. The molecule has 0 N–H and O–H groups in total. The fraction of sp³-hybridized carbons (Fsp3) is 0.278. The van der Waals surface area contributed by atoms with Crippen LogP contribution in [0.2, 0.25) is 10.0 Å². The summed E-state index contributed by atoms with van der Waals surface area (Å²) in [6, 6.07) is 9.93. The molecule has 0 aromatic heterocycles. The molecule has 6 nitrogen and oxygen atoms in total. The average molecular weight is 447 g/mol. The van der Waals surface area contributed by atoms with Gasteiger partial charge in [-0.2, -0.15) is 4.31 Å². The van der Waals surface area contributed by atoms with Crippen LogP contribution in [0.15, 0.2) is 47.4 Å². The van der Waals surface area contributed by atoms with Crippen LogP contribution < -0.4 is 4.74 Å². The van der Waals surface area contributed by atoms with Crippen molar-refractivity contribution < 1.29 is 22.3 Å². The third kappa shape index (κ3) is 4.57. The molecular formula is C18H17Cl2FN2O4S. The van der Waals surface area contributed by atoms with E-state index >= 15 is 0 Å². The second-order valence-corrected chi connectivity index (χ2v) is 8.83. The van der Waals surface area contributed by atoms with Crippen LogP contribution in [-0.2, 0) is 14.8 Å². The van der Waals surface area contributed by atoms with Gasteiger partial charge >= 0.3 is 0 Å². The van der Waals surface area contributed by atoms with Gasteiger partial charge in [-0.1, -0.05) is 35.3 Å². The first-order chi connectivity index (χ1) is 13.3. The van der Waals surface area contributed by atoms with Crippen LogP contribution in [0.5, 0.6) is 5.75 Å². The zero-order valence-electron chi connectivity index (χ0n) is 14.6. The molecule has 0 radical (unpaired) electrons. The molecular weight excluding hydrogens is 430 g/mol. The Morgan fingerprint density at radius 2 is 1.71 bits per heavy atom. The number of ether oxygens (including phenoxy) is 1. The molecule has 0 bridgehead atoms. The van der Waals surface area contributed by atoms with Crippen molar-refractivity contribution in [2.24, 2.45) is 0 Å². The van der Waals surface area contributed by atoms with E-state index in [1.807, 2.05) is 0 Å². The quantitative estimate of drug-likeness (QED) is 0.707. The van der Waals surface area contributed by atoms with Gasteiger partial charge in [0.25, 0.3) is 5.91 Å². The fourth-order valence-electron chi connectivity index (χ4n) is 2.76. The summed E-state index contributed by atoms with van der Waals surface area (Å²) in [5.41, 5.74) is 0. The first-order valence-electron chi connectivity index (χ1n) is 8.39. The maximum atomic E-state index is 13.5. The predicted molar refractivity (Wildman–Crippen MR) is 104 cm³/mol. The lowest BCUT2D eigenvalue weighted by atomic mass is 10.3. The van der Waals surface area contributed by atoms with E-state index in [1.54, 1.807) is 6.07 Å². The average Bonchev–Trinajstić information content (AvgIpc) is 2.69. The SMILES string of the molecule is O=C(COc1ccccc1F)N1CCN(S(=O)(=O)c2ccc(Cl)c(Cl)c2)CC1. The van der Waals surface area contributed by atoms with Crippen molar-refractivity contribution in [3.05, 3.63) is 58.3 Å². The Hall–Kier alpha value is -1.87. The Bertz CT molecular complexity index is 979. The van der Waals surface area contributed by atoms with E-state index in [4.69, 9.17) is 27.9 Å². The second-order valence-electron chi connectivity index (χ2n) is 6.08. The van der Waals surface area contributed by atoms with Gasteiger partial charge in [0.2, 0.25) is 10.0 Å². The summed E-state index contributed by atoms with van der Waals surface area (Å²) < 4.78 is 45.5. The van der Waals surface area contributed by atoms with Crippen molar-refractivity contribution in [2.75, 3.05) is 32.8 Å². The molecule has 150 valence electrons. The molecule has 0 aliphatic carbocycles. The summed E-state index contributed by atoms with van der Waals surface area (Å²) in [6.07, 6.45) is 0. The van der Waals surface area contributed by atoms with Gasteiger partial charge in [0, 0.05) is 26.2 Å². The number of nitrogens with zero attached hydrogens (tertiary/aromatic N) is 2. The number of benzene rings is 2. The van der Waals surface area contributed by atoms with Gasteiger partial charge in [-0.3, -0.25) is 4.79 Å². The third-order valence-electron chi connectivity index (χ3n) is 4.31. The largest absolute Gasteiger partial charge is 0.481 e. The third-order valence-corrected chi connectivity index (χ3v) is 6.94. The second kappa shape index (κ2) is 8.65. The number of carbonyl (C=O) groups excluding carboxylic acids is 1. The smallest absolute Gasteiger partial charge is 0.260 e. The normalized spacial score (nSPS) is 15.5. The number of para-hydroxylation sites is 1. The molecule has 1 saturated heterocycles. The van der Waals surface area contributed by atoms with Crippen molar-refractivity contribution in [3.63, 3.8) is 0 Å². The van der Waals surface area contributed by atoms with E-state index in [9.17, 15) is 17.6 Å². The van der Waals surface area contributed by atoms with E-state index in [1.165, 1.54) is 45.6 Å². The van der Waals surface area contributed by atoms with E-state index in [0.717, 1.165) is 0 Å². The number of amides is 1. The summed E-state index contributed by atoms with van der Waals surface area (Å²) >= 11 is 11.7.